The fraction of sp³-hybridized carbons (Fsp3) is 0.667. The molecule has 0 fully saturated rings. The molecule has 0 aliphatic heterocycles. The summed E-state index contributed by atoms with van der Waals surface area (Å²) >= 11 is 5.55. The predicted octanol–water partition coefficient (Wildman–Crippen LogP) is 3.26. The summed E-state index contributed by atoms with van der Waals surface area (Å²) in [5.74, 6) is -0.384. The Morgan fingerprint density at radius 3 is 2.55 bits per heavy atom. The van der Waals surface area contributed by atoms with Crippen LogP contribution in [-0.2, 0) is 13.2 Å². The molecular weight excluding hydrogens is 295 g/mol. The zero-order valence-electron chi connectivity index (χ0n) is 11.5. The molecular formula is C12H17ClF3N3O. The van der Waals surface area contributed by atoms with Crippen LogP contribution in [-0.4, -0.2) is 22.2 Å². The minimum Gasteiger partial charge on any atom is -0.351 e. The molecule has 8 heteroatoms. The number of alkyl halides is 3. The highest BCUT2D eigenvalue weighted by molar-refractivity contribution is 6.31. The average Bonchev–Trinajstić information content (AvgIpc) is 2.60. The molecule has 0 radical (unpaired) electrons. The summed E-state index contributed by atoms with van der Waals surface area (Å²) in [5, 5.41) is 5.38. The molecule has 0 atom stereocenters. The number of hydrogen-bond donors (Lipinski definition) is 1. The lowest BCUT2D eigenvalue weighted by molar-refractivity contribution is -0.137. The van der Waals surface area contributed by atoms with Crippen molar-refractivity contribution in [2.24, 2.45) is 13.0 Å². The molecule has 1 N–H and O–H groups in total. The molecule has 1 aromatic rings. The van der Waals surface area contributed by atoms with Crippen molar-refractivity contribution in [3.63, 3.8) is 0 Å². The van der Waals surface area contributed by atoms with Gasteiger partial charge in [0.1, 0.15) is 10.7 Å². The normalized spacial score (nSPS) is 12.0. The maximum atomic E-state index is 12.9. The van der Waals surface area contributed by atoms with Gasteiger partial charge in [-0.2, -0.15) is 18.3 Å². The highest BCUT2D eigenvalue weighted by Crippen LogP contribution is 2.36. The van der Waals surface area contributed by atoms with E-state index >= 15 is 0 Å². The molecule has 114 valence electrons. The van der Waals surface area contributed by atoms with Crippen LogP contribution < -0.4 is 5.32 Å². The Hall–Kier alpha value is -1.24. The Balaban J connectivity index is 2.81. The van der Waals surface area contributed by atoms with Crippen LogP contribution in [0, 0.1) is 5.92 Å². The summed E-state index contributed by atoms with van der Waals surface area (Å²) in [6, 6.07) is 0. The Bertz CT molecular complexity index is 483. The second kappa shape index (κ2) is 6.47. The average molecular weight is 312 g/mol. The van der Waals surface area contributed by atoms with Gasteiger partial charge >= 0.3 is 6.18 Å². The number of aromatic nitrogens is 2. The van der Waals surface area contributed by atoms with E-state index in [0.717, 1.165) is 11.1 Å². The maximum Gasteiger partial charge on any atom is 0.421 e. The van der Waals surface area contributed by atoms with Gasteiger partial charge in [-0.3, -0.25) is 9.48 Å². The van der Waals surface area contributed by atoms with E-state index in [-0.39, 0.29) is 0 Å². The second-order valence-electron chi connectivity index (χ2n) is 4.93. The molecule has 0 aliphatic carbocycles. The zero-order chi connectivity index (χ0) is 15.5. The van der Waals surface area contributed by atoms with Crippen molar-refractivity contribution >= 4 is 17.5 Å². The van der Waals surface area contributed by atoms with Gasteiger partial charge in [0.05, 0.1) is 0 Å². The summed E-state index contributed by atoms with van der Waals surface area (Å²) in [4.78, 5) is 11.8. The number of carbonyl (C=O) groups is 1. The largest absolute Gasteiger partial charge is 0.421 e. The molecule has 1 aromatic heterocycles. The van der Waals surface area contributed by atoms with Gasteiger partial charge in [0.2, 0.25) is 0 Å². The van der Waals surface area contributed by atoms with Crippen LogP contribution in [0.5, 0.6) is 0 Å². The lowest BCUT2D eigenvalue weighted by Crippen LogP contribution is -2.27. The highest BCUT2D eigenvalue weighted by Gasteiger charge is 2.41. The first kappa shape index (κ1) is 16.8. The summed E-state index contributed by atoms with van der Waals surface area (Å²) in [5.41, 5.74) is -1.88. The third-order valence-electron chi connectivity index (χ3n) is 2.72. The molecule has 0 bridgehead atoms. The van der Waals surface area contributed by atoms with Crippen molar-refractivity contribution in [1.29, 1.82) is 0 Å². The number of aryl methyl sites for hydroxylation is 1. The lowest BCUT2D eigenvalue weighted by atomic mass is 10.1. The quantitative estimate of drug-likeness (QED) is 0.848. The molecule has 0 spiro atoms. The van der Waals surface area contributed by atoms with Gasteiger partial charge in [-0.1, -0.05) is 25.4 Å². The van der Waals surface area contributed by atoms with Crippen molar-refractivity contribution in [2.75, 3.05) is 6.54 Å². The number of halogens is 4. The molecule has 4 nitrogen and oxygen atoms in total. The monoisotopic (exact) mass is 311 g/mol. The van der Waals surface area contributed by atoms with Gasteiger partial charge in [-0.05, 0) is 18.8 Å². The summed E-state index contributed by atoms with van der Waals surface area (Å²) < 4.78 is 39.4. The van der Waals surface area contributed by atoms with Gasteiger partial charge in [0, 0.05) is 13.6 Å². The maximum absolute atomic E-state index is 12.9. The van der Waals surface area contributed by atoms with E-state index in [2.05, 4.69) is 10.4 Å². The van der Waals surface area contributed by atoms with Crippen molar-refractivity contribution < 1.29 is 18.0 Å². The van der Waals surface area contributed by atoms with Crippen LogP contribution in [0.15, 0.2) is 0 Å². The van der Waals surface area contributed by atoms with E-state index in [4.69, 9.17) is 11.6 Å². The standard InChI is InChI=1S/C12H17ClF3N3O/c1-7(2)5-4-6-17-11(20)9-8(12(14,15)16)10(13)19(3)18-9/h7H,4-6H2,1-3H3,(H,17,20). The molecule has 0 aromatic carbocycles. The minimum absolute atomic E-state index is 0.308. The van der Waals surface area contributed by atoms with Crippen LogP contribution in [0.4, 0.5) is 13.2 Å². The SMILES string of the molecule is CC(C)CCCNC(=O)c1nn(C)c(Cl)c1C(F)(F)F. The Labute approximate surface area is 120 Å². The molecule has 1 heterocycles. The highest BCUT2D eigenvalue weighted by atomic mass is 35.5. The summed E-state index contributed by atoms with van der Waals surface area (Å²) in [6.07, 6.45) is -3.13. The van der Waals surface area contributed by atoms with Crippen molar-refractivity contribution in [2.45, 2.75) is 32.9 Å². The fourth-order valence-electron chi connectivity index (χ4n) is 1.71. The van der Waals surface area contributed by atoms with Crippen LogP contribution in [0.2, 0.25) is 5.15 Å². The number of nitrogens with zero attached hydrogens (tertiary/aromatic N) is 2. The Kier molecular flexibility index (Phi) is 5.44. The molecule has 20 heavy (non-hydrogen) atoms. The molecule has 1 rings (SSSR count). The van der Waals surface area contributed by atoms with Gasteiger partial charge < -0.3 is 5.32 Å². The second-order valence-corrected chi connectivity index (χ2v) is 5.29. The molecule has 0 saturated heterocycles. The van der Waals surface area contributed by atoms with Crippen LogP contribution in [0.1, 0.15) is 42.7 Å². The van der Waals surface area contributed by atoms with Gasteiger partial charge in [0.25, 0.3) is 5.91 Å². The number of rotatable bonds is 5. The zero-order valence-corrected chi connectivity index (χ0v) is 12.3. The predicted molar refractivity (Wildman–Crippen MR) is 69.6 cm³/mol. The van der Waals surface area contributed by atoms with Crippen LogP contribution in [0.3, 0.4) is 0 Å². The number of amides is 1. The number of carbonyl (C=O) groups excluding carboxylic acids is 1. The topological polar surface area (TPSA) is 46.9 Å². The summed E-state index contributed by atoms with van der Waals surface area (Å²) in [6.45, 7) is 4.37. The van der Waals surface area contributed by atoms with E-state index < -0.39 is 28.5 Å². The third kappa shape index (κ3) is 4.13. The first-order valence-corrected chi connectivity index (χ1v) is 6.60. The smallest absolute Gasteiger partial charge is 0.351 e. The minimum atomic E-state index is -4.71. The van der Waals surface area contributed by atoms with E-state index in [1.807, 2.05) is 13.8 Å². The van der Waals surface area contributed by atoms with Gasteiger partial charge in [0.15, 0.2) is 5.69 Å². The Morgan fingerprint density at radius 2 is 2.05 bits per heavy atom. The van der Waals surface area contributed by atoms with Crippen molar-refractivity contribution in [3.05, 3.63) is 16.4 Å². The van der Waals surface area contributed by atoms with Crippen molar-refractivity contribution in [1.82, 2.24) is 15.1 Å². The van der Waals surface area contributed by atoms with Crippen LogP contribution in [0.25, 0.3) is 0 Å². The van der Waals surface area contributed by atoms with Gasteiger partial charge in [-0.15, -0.1) is 0 Å². The van der Waals surface area contributed by atoms with E-state index in [1.54, 1.807) is 0 Å². The van der Waals surface area contributed by atoms with Crippen LogP contribution >= 0.6 is 11.6 Å². The van der Waals surface area contributed by atoms with Gasteiger partial charge in [-0.25, -0.2) is 0 Å². The first-order valence-electron chi connectivity index (χ1n) is 6.22. The number of hydrogen-bond acceptors (Lipinski definition) is 2. The molecule has 1 amide bonds. The van der Waals surface area contributed by atoms with E-state index in [0.29, 0.717) is 18.9 Å². The fourth-order valence-corrected chi connectivity index (χ4v) is 1.94. The molecule has 0 aliphatic rings. The number of nitrogens with one attached hydrogen (secondary N) is 1. The molecule has 0 saturated carbocycles. The first-order chi connectivity index (χ1) is 9.14. The third-order valence-corrected chi connectivity index (χ3v) is 3.15. The van der Waals surface area contributed by atoms with Crippen molar-refractivity contribution in [3.8, 4) is 0 Å². The molecule has 0 unspecified atom stereocenters. The lowest BCUT2D eigenvalue weighted by Gasteiger charge is -2.08. The van der Waals surface area contributed by atoms with E-state index in [1.165, 1.54) is 7.05 Å². The summed E-state index contributed by atoms with van der Waals surface area (Å²) in [7, 11) is 1.26. The Morgan fingerprint density at radius 1 is 1.45 bits per heavy atom. The van der Waals surface area contributed by atoms with E-state index in [9.17, 15) is 18.0 Å².